The Morgan fingerprint density at radius 3 is 2.90 bits per heavy atom. The quantitative estimate of drug-likeness (QED) is 0.682. The van der Waals surface area contributed by atoms with Gasteiger partial charge in [0.1, 0.15) is 18.5 Å². The van der Waals surface area contributed by atoms with Gasteiger partial charge in [0.2, 0.25) is 0 Å². The SMILES string of the molecule is CC(CCNCC(O)COc1cccc(Cl)c1)S(C)=O. The van der Waals surface area contributed by atoms with Crippen LogP contribution in [0.25, 0.3) is 0 Å². The van der Waals surface area contributed by atoms with Crippen molar-refractivity contribution in [2.45, 2.75) is 24.7 Å². The molecule has 114 valence electrons. The lowest BCUT2D eigenvalue weighted by Crippen LogP contribution is -2.33. The van der Waals surface area contributed by atoms with Crippen LogP contribution in [0.1, 0.15) is 13.3 Å². The standard InChI is InChI=1S/C14H22ClNO3S/c1-11(20(2)18)6-7-16-9-13(17)10-19-14-5-3-4-12(15)8-14/h3-5,8,11,13,16-17H,6-7,9-10H2,1-2H3. The van der Waals surface area contributed by atoms with E-state index in [0.29, 0.717) is 17.3 Å². The monoisotopic (exact) mass is 319 g/mol. The smallest absolute Gasteiger partial charge is 0.120 e. The first-order valence-corrected chi connectivity index (χ1v) is 8.58. The normalized spacial score (nSPS) is 15.6. The maximum absolute atomic E-state index is 11.2. The van der Waals surface area contributed by atoms with Crippen LogP contribution in [0, 0.1) is 0 Å². The molecule has 4 nitrogen and oxygen atoms in total. The lowest BCUT2D eigenvalue weighted by molar-refractivity contribution is 0.106. The molecule has 20 heavy (non-hydrogen) atoms. The fourth-order valence-electron chi connectivity index (χ4n) is 1.55. The molecule has 0 fully saturated rings. The molecule has 0 amide bonds. The lowest BCUT2D eigenvalue weighted by atomic mass is 10.3. The van der Waals surface area contributed by atoms with Crippen LogP contribution in [0.2, 0.25) is 5.02 Å². The van der Waals surface area contributed by atoms with Crippen LogP contribution in [-0.2, 0) is 10.8 Å². The van der Waals surface area contributed by atoms with E-state index >= 15 is 0 Å². The molecule has 0 aromatic heterocycles. The third kappa shape index (κ3) is 7.24. The minimum Gasteiger partial charge on any atom is -0.491 e. The summed E-state index contributed by atoms with van der Waals surface area (Å²) in [5.41, 5.74) is 0. The third-order valence-electron chi connectivity index (χ3n) is 2.91. The van der Waals surface area contributed by atoms with Gasteiger partial charge in [0.25, 0.3) is 0 Å². The first-order valence-electron chi connectivity index (χ1n) is 6.58. The molecule has 3 unspecified atom stereocenters. The van der Waals surface area contributed by atoms with Crippen molar-refractivity contribution in [2.24, 2.45) is 0 Å². The Balaban J connectivity index is 2.14. The van der Waals surface area contributed by atoms with Crippen LogP contribution in [0.3, 0.4) is 0 Å². The number of hydrogen-bond acceptors (Lipinski definition) is 4. The van der Waals surface area contributed by atoms with Crippen molar-refractivity contribution in [1.29, 1.82) is 0 Å². The van der Waals surface area contributed by atoms with Crippen molar-refractivity contribution in [2.75, 3.05) is 26.0 Å². The Bertz CT molecular complexity index is 431. The van der Waals surface area contributed by atoms with Gasteiger partial charge in [-0.05, 0) is 31.2 Å². The molecule has 0 saturated heterocycles. The van der Waals surface area contributed by atoms with Gasteiger partial charge in [0.15, 0.2) is 0 Å². The molecule has 3 atom stereocenters. The van der Waals surface area contributed by atoms with E-state index in [1.54, 1.807) is 30.5 Å². The molecule has 6 heteroatoms. The predicted molar refractivity (Wildman–Crippen MR) is 84.0 cm³/mol. The number of hydrogen-bond donors (Lipinski definition) is 2. The van der Waals surface area contributed by atoms with Crippen molar-refractivity contribution in [1.82, 2.24) is 5.32 Å². The molecule has 0 heterocycles. The minimum absolute atomic E-state index is 0.169. The van der Waals surface area contributed by atoms with Crippen LogP contribution in [-0.4, -0.2) is 46.6 Å². The summed E-state index contributed by atoms with van der Waals surface area (Å²) in [4.78, 5) is 0. The van der Waals surface area contributed by atoms with E-state index in [2.05, 4.69) is 5.32 Å². The summed E-state index contributed by atoms with van der Waals surface area (Å²) in [6.07, 6.45) is 1.94. The Hall–Kier alpha value is -0.620. The van der Waals surface area contributed by atoms with Crippen LogP contribution in [0.4, 0.5) is 0 Å². The molecule has 0 radical (unpaired) electrons. The highest BCUT2D eigenvalue weighted by Gasteiger charge is 2.08. The van der Waals surface area contributed by atoms with E-state index in [4.69, 9.17) is 16.3 Å². The average molecular weight is 320 g/mol. The molecule has 0 aliphatic rings. The molecule has 1 aromatic carbocycles. The summed E-state index contributed by atoms with van der Waals surface area (Å²) in [6, 6.07) is 7.07. The van der Waals surface area contributed by atoms with Gasteiger partial charge in [0, 0.05) is 33.9 Å². The predicted octanol–water partition coefficient (Wildman–Crippen LogP) is 1.83. The number of aliphatic hydroxyl groups is 1. The van der Waals surface area contributed by atoms with Gasteiger partial charge in [-0.2, -0.15) is 0 Å². The second-order valence-electron chi connectivity index (χ2n) is 4.72. The van der Waals surface area contributed by atoms with Gasteiger partial charge >= 0.3 is 0 Å². The maximum atomic E-state index is 11.2. The summed E-state index contributed by atoms with van der Waals surface area (Å²) < 4.78 is 16.6. The largest absolute Gasteiger partial charge is 0.491 e. The number of ether oxygens (including phenoxy) is 1. The Kier molecular flexibility index (Phi) is 8.14. The van der Waals surface area contributed by atoms with Crippen molar-refractivity contribution < 1.29 is 14.1 Å². The van der Waals surface area contributed by atoms with E-state index in [1.165, 1.54) is 0 Å². The maximum Gasteiger partial charge on any atom is 0.120 e. The van der Waals surface area contributed by atoms with Gasteiger partial charge in [0.05, 0.1) is 0 Å². The van der Waals surface area contributed by atoms with E-state index in [-0.39, 0.29) is 11.9 Å². The van der Waals surface area contributed by atoms with Crippen LogP contribution in [0.15, 0.2) is 24.3 Å². The topological polar surface area (TPSA) is 58.6 Å². The summed E-state index contributed by atoms with van der Waals surface area (Å²) in [5, 5.41) is 13.7. The van der Waals surface area contributed by atoms with E-state index < -0.39 is 16.9 Å². The summed E-state index contributed by atoms with van der Waals surface area (Å²) >= 11 is 5.84. The lowest BCUT2D eigenvalue weighted by Gasteiger charge is -2.14. The Labute approximate surface area is 127 Å². The number of halogens is 1. The zero-order valence-electron chi connectivity index (χ0n) is 11.8. The molecule has 1 rings (SSSR count). The zero-order chi connectivity index (χ0) is 15.0. The number of aliphatic hydroxyl groups excluding tert-OH is 1. The molecular weight excluding hydrogens is 298 g/mol. The fraction of sp³-hybridized carbons (Fsp3) is 0.571. The number of rotatable bonds is 9. The Morgan fingerprint density at radius 2 is 2.25 bits per heavy atom. The van der Waals surface area contributed by atoms with Crippen LogP contribution < -0.4 is 10.1 Å². The molecule has 0 spiro atoms. The molecular formula is C14H22ClNO3S. The second-order valence-corrected chi connectivity index (χ2v) is 6.96. The third-order valence-corrected chi connectivity index (χ3v) is 4.52. The molecule has 1 aromatic rings. The fourth-order valence-corrected chi connectivity index (χ4v) is 2.18. The van der Waals surface area contributed by atoms with Crippen LogP contribution in [0.5, 0.6) is 5.75 Å². The summed E-state index contributed by atoms with van der Waals surface area (Å²) in [7, 11) is -0.795. The first-order chi connectivity index (χ1) is 9.49. The van der Waals surface area contributed by atoms with Crippen molar-refractivity contribution in [3.63, 3.8) is 0 Å². The molecule has 0 bridgehead atoms. The van der Waals surface area contributed by atoms with Crippen molar-refractivity contribution >= 4 is 22.4 Å². The molecule has 0 aliphatic carbocycles. The van der Waals surface area contributed by atoms with Gasteiger partial charge in [-0.3, -0.25) is 4.21 Å². The minimum atomic E-state index is -0.795. The van der Waals surface area contributed by atoms with Gasteiger partial charge in [-0.15, -0.1) is 0 Å². The highest BCUT2D eigenvalue weighted by atomic mass is 35.5. The van der Waals surface area contributed by atoms with E-state index in [0.717, 1.165) is 13.0 Å². The number of benzene rings is 1. The Morgan fingerprint density at radius 1 is 1.50 bits per heavy atom. The van der Waals surface area contributed by atoms with Gasteiger partial charge in [-0.25, -0.2) is 0 Å². The van der Waals surface area contributed by atoms with E-state index in [9.17, 15) is 9.32 Å². The molecule has 2 N–H and O–H groups in total. The van der Waals surface area contributed by atoms with Gasteiger partial charge in [-0.1, -0.05) is 24.6 Å². The molecule has 0 saturated carbocycles. The van der Waals surface area contributed by atoms with Gasteiger partial charge < -0.3 is 15.2 Å². The second kappa shape index (κ2) is 9.34. The summed E-state index contributed by atoms with van der Waals surface area (Å²) in [6.45, 7) is 3.34. The van der Waals surface area contributed by atoms with E-state index in [1.807, 2.05) is 6.92 Å². The van der Waals surface area contributed by atoms with Crippen LogP contribution >= 0.6 is 11.6 Å². The number of nitrogens with one attached hydrogen (secondary N) is 1. The van der Waals surface area contributed by atoms with Crippen molar-refractivity contribution in [3.05, 3.63) is 29.3 Å². The first kappa shape index (κ1) is 17.4. The highest BCUT2D eigenvalue weighted by molar-refractivity contribution is 7.84. The van der Waals surface area contributed by atoms with Crippen molar-refractivity contribution in [3.8, 4) is 5.75 Å². The summed E-state index contributed by atoms with van der Waals surface area (Å²) in [5.74, 6) is 0.645. The zero-order valence-corrected chi connectivity index (χ0v) is 13.4. The average Bonchev–Trinajstić information content (AvgIpc) is 2.41. The highest BCUT2D eigenvalue weighted by Crippen LogP contribution is 2.17. The molecule has 0 aliphatic heterocycles.